The first kappa shape index (κ1) is 32.2. The smallest absolute Gasteiger partial charge is 0.247 e. The first-order valence-electron chi connectivity index (χ1n) is 13.9. The van der Waals surface area contributed by atoms with Gasteiger partial charge in [0.15, 0.2) is 0 Å². The summed E-state index contributed by atoms with van der Waals surface area (Å²) in [5.41, 5.74) is 3.18. The van der Waals surface area contributed by atoms with Gasteiger partial charge in [-0.15, -0.1) is 0 Å². The van der Waals surface area contributed by atoms with E-state index in [1.165, 1.54) is 12.1 Å². The number of sulfonamides is 1. The summed E-state index contributed by atoms with van der Waals surface area (Å²) in [6, 6.07) is 29.1. The van der Waals surface area contributed by atoms with Gasteiger partial charge in [0, 0.05) is 36.1 Å². The van der Waals surface area contributed by atoms with Crippen molar-refractivity contribution in [3.63, 3.8) is 0 Å². The Morgan fingerprint density at radius 3 is 1.91 bits per heavy atom. The Kier molecular flexibility index (Phi) is 11.4. The van der Waals surface area contributed by atoms with Gasteiger partial charge in [-0.25, -0.2) is 13.1 Å². The fourth-order valence-corrected chi connectivity index (χ4v) is 5.90. The largest absolute Gasteiger partial charge is 0.350 e. The number of rotatable bonds is 13. The fourth-order valence-electron chi connectivity index (χ4n) is 4.61. The number of amides is 2. The van der Waals surface area contributed by atoms with Gasteiger partial charge >= 0.3 is 0 Å². The lowest BCUT2D eigenvalue weighted by Crippen LogP contribution is -2.43. The van der Waals surface area contributed by atoms with Crippen LogP contribution in [0.2, 0.25) is 10.0 Å². The van der Waals surface area contributed by atoms with Gasteiger partial charge in [-0.1, -0.05) is 96.9 Å². The highest BCUT2D eigenvalue weighted by Gasteiger charge is 2.31. The molecule has 0 heterocycles. The Labute approximate surface area is 262 Å². The highest BCUT2D eigenvalue weighted by Crippen LogP contribution is 2.26. The van der Waals surface area contributed by atoms with Crippen LogP contribution in [0.5, 0.6) is 0 Å². The van der Waals surface area contributed by atoms with Gasteiger partial charge in [0.1, 0.15) is 6.04 Å². The van der Waals surface area contributed by atoms with E-state index in [2.05, 4.69) is 10.0 Å². The quantitative estimate of drug-likeness (QED) is 0.180. The van der Waals surface area contributed by atoms with Crippen molar-refractivity contribution in [3.8, 4) is 0 Å². The van der Waals surface area contributed by atoms with Crippen LogP contribution < -0.4 is 10.0 Å². The zero-order chi connectivity index (χ0) is 30.8. The number of nitrogens with one attached hydrogen (secondary N) is 2. The van der Waals surface area contributed by atoms with Crippen LogP contribution in [-0.2, 0) is 39.1 Å². The van der Waals surface area contributed by atoms with E-state index in [9.17, 15) is 18.0 Å². The third-order valence-corrected chi connectivity index (χ3v) is 8.90. The number of hydrogen-bond acceptors (Lipinski definition) is 4. The van der Waals surface area contributed by atoms with Crippen LogP contribution in [0.1, 0.15) is 41.6 Å². The molecule has 2 amide bonds. The molecule has 0 aliphatic rings. The zero-order valence-corrected chi connectivity index (χ0v) is 26.0. The van der Waals surface area contributed by atoms with Crippen LogP contribution in [0.25, 0.3) is 0 Å². The molecule has 2 N–H and O–H groups in total. The lowest BCUT2D eigenvalue weighted by atomic mass is 10.0. The molecule has 0 saturated heterocycles. The maximum atomic E-state index is 13.9. The maximum absolute atomic E-state index is 13.9. The molecule has 0 aliphatic heterocycles. The lowest BCUT2D eigenvalue weighted by molar-refractivity contribution is -0.141. The minimum Gasteiger partial charge on any atom is -0.350 e. The molecule has 0 aliphatic carbocycles. The second-order valence-corrected chi connectivity index (χ2v) is 12.6. The summed E-state index contributed by atoms with van der Waals surface area (Å²) in [5.74, 6) is -0.545. The first-order chi connectivity index (χ1) is 20.7. The predicted molar refractivity (Wildman–Crippen MR) is 170 cm³/mol. The summed E-state index contributed by atoms with van der Waals surface area (Å²) in [5, 5.41) is 4.17. The van der Waals surface area contributed by atoms with E-state index in [0.29, 0.717) is 22.0 Å². The highest BCUT2D eigenvalue weighted by molar-refractivity contribution is 7.89. The Morgan fingerprint density at radius 2 is 1.33 bits per heavy atom. The molecular formula is C33H33Cl2N3O4S. The van der Waals surface area contributed by atoms with Crippen LogP contribution in [0.15, 0.2) is 108 Å². The van der Waals surface area contributed by atoms with E-state index in [-0.39, 0.29) is 42.8 Å². The van der Waals surface area contributed by atoms with Crippen molar-refractivity contribution in [2.45, 2.75) is 43.8 Å². The summed E-state index contributed by atoms with van der Waals surface area (Å²) >= 11 is 12.1. The molecule has 0 radical (unpaired) electrons. The van der Waals surface area contributed by atoms with Gasteiger partial charge in [-0.2, -0.15) is 0 Å². The van der Waals surface area contributed by atoms with Crippen molar-refractivity contribution in [1.29, 1.82) is 0 Å². The SMILES string of the molecule is CCNS(=O)(=O)c1ccc(CCC(=O)N(Cc2ccc(Cl)cc2)[C@@H](C(=O)NCc2ccc(Cl)cc2)c2ccccc2)cc1. The van der Waals surface area contributed by atoms with Gasteiger partial charge in [0.2, 0.25) is 21.8 Å². The number of aryl methyl sites for hydroxylation is 1. The number of benzene rings is 4. The van der Waals surface area contributed by atoms with E-state index >= 15 is 0 Å². The molecular weight excluding hydrogens is 605 g/mol. The van der Waals surface area contributed by atoms with Crippen molar-refractivity contribution < 1.29 is 18.0 Å². The number of hydrogen-bond donors (Lipinski definition) is 2. The maximum Gasteiger partial charge on any atom is 0.247 e. The van der Waals surface area contributed by atoms with Gasteiger partial charge in [-0.3, -0.25) is 9.59 Å². The molecule has 1 atom stereocenters. The monoisotopic (exact) mass is 637 g/mol. The third kappa shape index (κ3) is 9.15. The molecule has 0 fully saturated rings. The summed E-state index contributed by atoms with van der Waals surface area (Å²) in [6.45, 7) is 2.46. The molecule has 43 heavy (non-hydrogen) atoms. The van der Waals surface area contributed by atoms with Crippen LogP contribution in [0, 0.1) is 0 Å². The first-order valence-corrected chi connectivity index (χ1v) is 16.1. The Bertz CT molecular complexity index is 1610. The molecule has 0 spiro atoms. The van der Waals surface area contributed by atoms with E-state index < -0.39 is 16.1 Å². The van der Waals surface area contributed by atoms with E-state index in [1.54, 1.807) is 48.2 Å². The zero-order valence-electron chi connectivity index (χ0n) is 23.7. The van der Waals surface area contributed by atoms with Crippen LogP contribution >= 0.6 is 23.2 Å². The summed E-state index contributed by atoms with van der Waals surface area (Å²) in [6.07, 6.45) is 0.478. The molecule has 10 heteroatoms. The molecule has 0 saturated carbocycles. The van der Waals surface area contributed by atoms with Gasteiger partial charge < -0.3 is 10.2 Å². The molecule has 4 aromatic carbocycles. The average Bonchev–Trinajstić information content (AvgIpc) is 3.01. The van der Waals surface area contributed by atoms with Crippen molar-refractivity contribution in [2.24, 2.45) is 0 Å². The lowest BCUT2D eigenvalue weighted by Gasteiger charge is -2.32. The molecule has 7 nitrogen and oxygen atoms in total. The van der Waals surface area contributed by atoms with Crippen molar-refractivity contribution in [3.05, 3.63) is 135 Å². The van der Waals surface area contributed by atoms with Crippen LogP contribution in [0.3, 0.4) is 0 Å². The summed E-state index contributed by atoms with van der Waals surface area (Å²) in [7, 11) is -3.57. The van der Waals surface area contributed by atoms with E-state index in [0.717, 1.165) is 16.7 Å². The topological polar surface area (TPSA) is 95.6 Å². The highest BCUT2D eigenvalue weighted by atomic mass is 35.5. The van der Waals surface area contributed by atoms with E-state index in [1.807, 2.05) is 54.6 Å². The van der Waals surface area contributed by atoms with Crippen molar-refractivity contribution >= 4 is 45.0 Å². The second-order valence-electron chi connectivity index (χ2n) is 9.95. The normalized spacial score (nSPS) is 12.0. The molecule has 224 valence electrons. The Morgan fingerprint density at radius 1 is 0.767 bits per heavy atom. The Balaban J connectivity index is 1.59. The third-order valence-electron chi connectivity index (χ3n) is 6.84. The number of carbonyl (C=O) groups is 2. The molecule has 0 aromatic heterocycles. The van der Waals surface area contributed by atoms with E-state index in [4.69, 9.17) is 23.2 Å². The van der Waals surface area contributed by atoms with Gasteiger partial charge in [0.25, 0.3) is 0 Å². The van der Waals surface area contributed by atoms with Crippen molar-refractivity contribution in [1.82, 2.24) is 14.9 Å². The van der Waals surface area contributed by atoms with Crippen molar-refractivity contribution in [2.75, 3.05) is 6.54 Å². The molecule has 0 bridgehead atoms. The molecule has 0 unspecified atom stereocenters. The van der Waals surface area contributed by atoms with Crippen LogP contribution in [-0.4, -0.2) is 31.7 Å². The number of carbonyl (C=O) groups excluding carboxylic acids is 2. The predicted octanol–water partition coefficient (Wildman–Crippen LogP) is 6.31. The summed E-state index contributed by atoms with van der Waals surface area (Å²) in [4.78, 5) is 29.5. The van der Waals surface area contributed by atoms with Crippen LogP contribution in [0.4, 0.5) is 0 Å². The van der Waals surface area contributed by atoms with Gasteiger partial charge in [-0.05, 0) is 65.1 Å². The average molecular weight is 639 g/mol. The standard InChI is InChI=1S/C33H33Cl2N3O4S/c1-2-37-43(41,42)30-19-12-24(13-20-30)14-21-31(39)38(23-26-10-17-29(35)18-11-26)32(27-6-4-3-5-7-27)33(40)36-22-25-8-15-28(34)16-9-25/h3-13,15-20,32,37H,2,14,21-23H2,1H3,(H,36,40)/t32-/m1/s1. The second kappa shape index (κ2) is 15.2. The minimum atomic E-state index is -3.57. The Hall–Kier alpha value is -3.69. The summed E-state index contributed by atoms with van der Waals surface area (Å²) < 4.78 is 27.1. The fraction of sp³-hybridized carbons (Fsp3) is 0.212. The molecule has 4 aromatic rings. The number of halogens is 2. The molecule has 4 rings (SSSR count). The number of nitrogens with zero attached hydrogens (tertiary/aromatic N) is 1. The minimum absolute atomic E-state index is 0.112. The van der Waals surface area contributed by atoms with Gasteiger partial charge in [0.05, 0.1) is 4.90 Å².